The number of nitrogens with zero attached hydrogens (tertiary/aromatic N) is 2. The number of rotatable bonds is 18. The molecule has 32 heavy (non-hydrogen) atoms. The molecule has 178 valence electrons. The second kappa shape index (κ2) is 16.9. The summed E-state index contributed by atoms with van der Waals surface area (Å²) in [5.41, 5.74) is 3.82. The van der Waals surface area contributed by atoms with Crippen molar-refractivity contribution < 1.29 is 0 Å². The maximum absolute atomic E-state index is 4.64. The van der Waals surface area contributed by atoms with Crippen molar-refractivity contribution in [2.75, 3.05) is 0 Å². The third-order valence-electron chi connectivity index (χ3n) is 6.85. The van der Waals surface area contributed by atoms with E-state index in [0.29, 0.717) is 0 Å². The van der Waals surface area contributed by atoms with Crippen LogP contribution < -0.4 is 0 Å². The third-order valence-corrected chi connectivity index (χ3v) is 6.85. The Balaban J connectivity index is 1.62. The molecule has 1 atom stereocenters. The number of aryl methyl sites for hydroxylation is 2. The van der Waals surface area contributed by atoms with Crippen molar-refractivity contribution >= 4 is 0 Å². The summed E-state index contributed by atoms with van der Waals surface area (Å²) in [6, 6.07) is 8.88. The van der Waals surface area contributed by atoms with Crippen LogP contribution >= 0.6 is 0 Å². The van der Waals surface area contributed by atoms with Crippen LogP contribution in [-0.4, -0.2) is 9.97 Å². The number of unbranched alkanes of at least 4 members (excludes halogenated alkanes) is 10. The Kier molecular flexibility index (Phi) is 14.0. The summed E-state index contributed by atoms with van der Waals surface area (Å²) >= 11 is 0. The lowest BCUT2D eigenvalue weighted by atomic mass is 9.99. The number of hydrogen-bond donors (Lipinski definition) is 0. The van der Waals surface area contributed by atoms with Gasteiger partial charge in [-0.1, -0.05) is 122 Å². The largest absolute Gasteiger partial charge is 0.236 e. The number of hydrogen-bond acceptors (Lipinski definition) is 2. The predicted octanol–water partition coefficient (Wildman–Crippen LogP) is 9.37. The molecular formula is C30H48N2. The summed E-state index contributed by atoms with van der Waals surface area (Å²) in [5, 5.41) is 0. The van der Waals surface area contributed by atoms with Crippen LogP contribution in [-0.2, 0) is 12.8 Å². The third kappa shape index (κ3) is 11.2. The zero-order chi connectivity index (χ0) is 22.9. The molecule has 0 N–H and O–H groups in total. The van der Waals surface area contributed by atoms with Gasteiger partial charge in [-0.15, -0.1) is 0 Å². The molecule has 0 saturated heterocycles. The molecule has 1 unspecified atom stereocenters. The minimum Gasteiger partial charge on any atom is -0.236 e. The van der Waals surface area contributed by atoms with E-state index in [2.05, 4.69) is 55.0 Å². The van der Waals surface area contributed by atoms with Crippen LogP contribution in [0.3, 0.4) is 0 Å². The van der Waals surface area contributed by atoms with E-state index >= 15 is 0 Å². The molecule has 0 aliphatic rings. The first-order valence-electron chi connectivity index (χ1n) is 13.6. The highest BCUT2D eigenvalue weighted by molar-refractivity contribution is 5.55. The van der Waals surface area contributed by atoms with Gasteiger partial charge in [0, 0.05) is 18.0 Å². The standard InChI is InChI=1S/C30H48N2/c1-4-6-7-8-9-10-11-12-15-19-28-24-31-30(32-25-28)29-22-20-27(21-23-29)18-16-13-14-17-26(3)5-2/h20-26H,4-19H2,1-3H3. The summed E-state index contributed by atoms with van der Waals surface area (Å²) < 4.78 is 0. The first-order valence-corrected chi connectivity index (χ1v) is 13.6. The highest BCUT2D eigenvalue weighted by Crippen LogP contribution is 2.19. The summed E-state index contributed by atoms with van der Waals surface area (Å²) in [7, 11) is 0. The van der Waals surface area contributed by atoms with Gasteiger partial charge in [-0.2, -0.15) is 0 Å². The van der Waals surface area contributed by atoms with Gasteiger partial charge in [-0.05, 0) is 42.7 Å². The van der Waals surface area contributed by atoms with Crippen LogP contribution in [0.4, 0.5) is 0 Å². The zero-order valence-electron chi connectivity index (χ0n) is 21.2. The molecule has 1 aromatic carbocycles. The Morgan fingerprint density at radius 3 is 1.75 bits per heavy atom. The van der Waals surface area contributed by atoms with E-state index < -0.39 is 0 Å². The molecular weight excluding hydrogens is 388 g/mol. The molecule has 0 spiro atoms. The molecule has 1 aromatic heterocycles. The lowest BCUT2D eigenvalue weighted by Gasteiger charge is -2.08. The predicted molar refractivity (Wildman–Crippen MR) is 140 cm³/mol. The molecule has 0 aliphatic carbocycles. The lowest BCUT2D eigenvalue weighted by molar-refractivity contribution is 0.478. The fourth-order valence-electron chi connectivity index (χ4n) is 4.30. The SMILES string of the molecule is CCCCCCCCCCCc1cnc(-c2ccc(CCCCCC(C)CC)cc2)nc1. The van der Waals surface area contributed by atoms with Crippen LogP contribution in [0.15, 0.2) is 36.7 Å². The Hall–Kier alpha value is -1.70. The van der Waals surface area contributed by atoms with Crippen LogP contribution in [0.1, 0.15) is 122 Å². The number of aromatic nitrogens is 2. The number of benzene rings is 1. The first-order chi connectivity index (χ1) is 15.7. The van der Waals surface area contributed by atoms with Crippen molar-refractivity contribution in [3.8, 4) is 11.4 Å². The van der Waals surface area contributed by atoms with Gasteiger partial charge in [0.05, 0.1) is 0 Å². The van der Waals surface area contributed by atoms with Gasteiger partial charge < -0.3 is 0 Å². The first kappa shape index (κ1) is 26.6. The van der Waals surface area contributed by atoms with E-state index in [-0.39, 0.29) is 0 Å². The smallest absolute Gasteiger partial charge is 0.159 e. The molecule has 2 nitrogen and oxygen atoms in total. The minimum atomic E-state index is 0.848. The van der Waals surface area contributed by atoms with Crippen molar-refractivity contribution in [1.82, 2.24) is 9.97 Å². The Morgan fingerprint density at radius 2 is 1.16 bits per heavy atom. The fraction of sp³-hybridized carbons (Fsp3) is 0.667. The lowest BCUT2D eigenvalue weighted by Crippen LogP contribution is -1.94. The Bertz CT molecular complexity index is 690. The zero-order valence-corrected chi connectivity index (χ0v) is 21.2. The monoisotopic (exact) mass is 436 g/mol. The van der Waals surface area contributed by atoms with Gasteiger partial charge in [0.25, 0.3) is 0 Å². The topological polar surface area (TPSA) is 25.8 Å². The molecule has 2 aromatic rings. The fourth-order valence-corrected chi connectivity index (χ4v) is 4.30. The maximum Gasteiger partial charge on any atom is 0.159 e. The van der Waals surface area contributed by atoms with E-state index in [4.69, 9.17) is 0 Å². The van der Waals surface area contributed by atoms with Crippen molar-refractivity contribution in [3.05, 3.63) is 47.8 Å². The molecule has 0 bridgehead atoms. The Labute approximate surface area is 198 Å². The summed E-state index contributed by atoms with van der Waals surface area (Å²) in [5.74, 6) is 1.73. The van der Waals surface area contributed by atoms with E-state index in [0.717, 1.165) is 23.7 Å². The van der Waals surface area contributed by atoms with Gasteiger partial charge in [0.15, 0.2) is 5.82 Å². The van der Waals surface area contributed by atoms with Crippen LogP contribution in [0, 0.1) is 5.92 Å². The van der Waals surface area contributed by atoms with Crippen LogP contribution in [0.2, 0.25) is 0 Å². The quantitative estimate of drug-likeness (QED) is 0.217. The van der Waals surface area contributed by atoms with Gasteiger partial charge in [0.2, 0.25) is 0 Å². The van der Waals surface area contributed by atoms with Gasteiger partial charge in [0.1, 0.15) is 0 Å². The summed E-state index contributed by atoms with van der Waals surface area (Å²) in [4.78, 5) is 9.27. The molecule has 1 heterocycles. The molecule has 0 amide bonds. The molecule has 2 heteroatoms. The van der Waals surface area contributed by atoms with E-state index in [1.54, 1.807) is 0 Å². The second-order valence-corrected chi connectivity index (χ2v) is 9.80. The second-order valence-electron chi connectivity index (χ2n) is 9.80. The van der Waals surface area contributed by atoms with Crippen molar-refractivity contribution in [1.29, 1.82) is 0 Å². The van der Waals surface area contributed by atoms with E-state index in [9.17, 15) is 0 Å². The molecule has 0 fully saturated rings. The van der Waals surface area contributed by atoms with E-state index in [1.807, 2.05) is 12.4 Å². The normalized spacial score (nSPS) is 12.2. The highest BCUT2D eigenvalue weighted by Gasteiger charge is 2.03. The van der Waals surface area contributed by atoms with Crippen molar-refractivity contribution in [2.45, 2.75) is 124 Å². The molecule has 0 aliphatic heterocycles. The highest BCUT2D eigenvalue weighted by atomic mass is 14.9. The van der Waals surface area contributed by atoms with Gasteiger partial charge >= 0.3 is 0 Å². The van der Waals surface area contributed by atoms with Gasteiger partial charge in [-0.3, -0.25) is 0 Å². The van der Waals surface area contributed by atoms with Crippen LogP contribution in [0.5, 0.6) is 0 Å². The van der Waals surface area contributed by atoms with Crippen molar-refractivity contribution in [2.24, 2.45) is 5.92 Å². The molecule has 0 radical (unpaired) electrons. The maximum atomic E-state index is 4.64. The molecule has 2 rings (SSSR count). The minimum absolute atomic E-state index is 0.848. The molecule has 0 saturated carbocycles. The summed E-state index contributed by atoms with van der Waals surface area (Å²) in [6.07, 6.45) is 25.4. The van der Waals surface area contributed by atoms with E-state index in [1.165, 1.54) is 107 Å². The van der Waals surface area contributed by atoms with Crippen molar-refractivity contribution in [3.63, 3.8) is 0 Å². The average molecular weight is 437 g/mol. The van der Waals surface area contributed by atoms with Gasteiger partial charge in [-0.25, -0.2) is 9.97 Å². The summed E-state index contributed by atoms with van der Waals surface area (Å²) in [6.45, 7) is 6.94. The van der Waals surface area contributed by atoms with Crippen LogP contribution in [0.25, 0.3) is 11.4 Å². The average Bonchev–Trinajstić information content (AvgIpc) is 2.83. The Morgan fingerprint density at radius 1 is 0.625 bits per heavy atom.